The van der Waals surface area contributed by atoms with E-state index in [2.05, 4.69) is 26.7 Å². The SMILES string of the molecule is C=CCn1c(CC23CC4CC(CC(C4)C2)C3)nnc1SCC(=O)Nc1cc(Cl)cc(Cl)c1. The Morgan fingerprint density at radius 3 is 2.34 bits per heavy atom. The lowest BCUT2D eigenvalue weighted by Gasteiger charge is -2.56. The number of halogens is 2. The van der Waals surface area contributed by atoms with Crippen molar-refractivity contribution < 1.29 is 4.79 Å². The predicted octanol–water partition coefficient (Wildman–Crippen LogP) is 6.26. The molecule has 0 unspecified atom stereocenters. The number of hydrogen-bond donors (Lipinski definition) is 1. The van der Waals surface area contributed by atoms with Crippen LogP contribution in [-0.4, -0.2) is 26.4 Å². The molecule has 8 heteroatoms. The first-order valence-electron chi connectivity index (χ1n) is 11.3. The number of benzene rings is 1. The topological polar surface area (TPSA) is 59.8 Å². The van der Waals surface area contributed by atoms with E-state index in [1.807, 2.05) is 6.08 Å². The lowest BCUT2D eigenvalue weighted by molar-refractivity contribution is -0.113. The Balaban J connectivity index is 1.26. The Hall–Kier alpha value is -1.50. The zero-order valence-corrected chi connectivity index (χ0v) is 20.4. The average molecular weight is 491 g/mol. The van der Waals surface area contributed by atoms with E-state index in [1.54, 1.807) is 18.2 Å². The number of nitrogens with one attached hydrogen (secondary N) is 1. The number of thioether (sulfide) groups is 1. The zero-order chi connectivity index (χ0) is 22.3. The molecule has 1 N–H and O–H groups in total. The van der Waals surface area contributed by atoms with Crippen molar-refractivity contribution in [1.82, 2.24) is 14.8 Å². The minimum atomic E-state index is -0.135. The van der Waals surface area contributed by atoms with Crippen molar-refractivity contribution >= 4 is 46.6 Å². The van der Waals surface area contributed by atoms with Crippen LogP contribution < -0.4 is 5.32 Å². The van der Waals surface area contributed by atoms with Gasteiger partial charge in [0.05, 0.1) is 5.75 Å². The molecule has 170 valence electrons. The minimum absolute atomic E-state index is 0.135. The largest absolute Gasteiger partial charge is 0.325 e. The molecule has 0 aliphatic heterocycles. The lowest BCUT2D eigenvalue weighted by atomic mass is 9.49. The monoisotopic (exact) mass is 490 g/mol. The Morgan fingerprint density at radius 2 is 1.75 bits per heavy atom. The fourth-order valence-electron chi connectivity index (χ4n) is 6.66. The van der Waals surface area contributed by atoms with Gasteiger partial charge in [0, 0.05) is 28.7 Å². The summed E-state index contributed by atoms with van der Waals surface area (Å²) in [5, 5.41) is 13.6. The van der Waals surface area contributed by atoms with Crippen LogP contribution in [-0.2, 0) is 17.8 Å². The lowest BCUT2D eigenvalue weighted by Crippen LogP contribution is -2.47. The normalized spacial score (nSPS) is 28.1. The molecule has 0 radical (unpaired) electrons. The number of carbonyl (C=O) groups excluding carboxylic acids is 1. The molecule has 0 atom stereocenters. The number of carbonyl (C=O) groups is 1. The summed E-state index contributed by atoms with van der Waals surface area (Å²) in [6, 6.07) is 5.00. The summed E-state index contributed by atoms with van der Waals surface area (Å²) in [7, 11) is 0. The molecule has 1 heterocycles. The minimum Gasteiger partial charge on any atom is -0.325 e. The summed E-state index contributed by atoms with van der Waals surface area (Å²) in [5.41, 5.74) is 0.981. The van der Waals surface area contributed by atoms with Gasteiger partial charge in [-0.2, -0.15) is 0 Å². The Labute approximate surface area is 203 Å². The standard InChI is InChI=1S/C24H28Cl2N4OS/c1-2-3-30-21(13-24-10-15-4-16(11-24)6-17(5-15)12-24)28-29-23(30)32-14-22(31)27-20-8-18(25)7-19(26)9-20/h2,7-9,15-17H,1,3-6,10-14H2,(H,27,31). The number of amides is 1. The summed E-state index contributed by atoms with van der Waals surface area (Å²) in [5.74, 6) is 3.87. The van der Waals surface area contributed by atoms with Gasteiger partial charge in [0.2, 0.25) is 5.91 Å². The number of aromatic nitrogens is 3. The molecule has 4 fully saturated rings. The number of rotatable bonds is 8. The maximum atomic E-state index is 12.5. The third kappa shape index (κ3) is 4.73. The molecule has 4 aliphatic rings. The van der Waals surface area contributed by atoms with Crippen LogP contribution in [0.4, 0.5) is 5.69 Å². The fourth-order valence-corrected chi connectivity index (χ4v) is 7.96. The molecule has 4 aliphatic carbocycles. The smallest absolute Gasteiger partial charge is 0.234 e. The van der Waals surface area contributed by atoms with Crippen LogP contribution in [0.1, 0.15) is 44.3 Å². The van der Waals surface area contributed by atoms with Crippen molar-refractivity contribution in [2.45, 2.75) is 56.6 Å². The van der Waals surface area contributed by atoms with E-state index in [-0.39, 0.29) is 11.7 Å². The van der Waals surface area contributed by atoms with Gasteiger partial charge in [-0.15, -0.1) is 16.8 Å². The molecule has 5 nitrogen and oxygen atoms in total. The molecule has 2 aromatic rings. The van der Waals surface area contributed by atoms with Gasteiger partial charge >= 0.3 is 0 Å². The first kappa shape index (κ1) is 22.3. The van der Waals surface area contributed by atoms with Gasteiger partial charge in [-0.05, 0) is 79.9 Å². The highest BCUT2D eigenvalue weighted by molar-refractivity contribution is 7.99. The third-order valence-electron chi connectivity index (χ3n) is 7.28. The van der Waals surface area contributed by atoms with Crippen LogP contribution in [0.15, 0.2) is 36.0 Å². The molecule has 1 amide bonds. The molecule has 0 spiro atoms. The Morgan fingerprint density at radius 1 is 1.12 bits per heavy atom. The number of anilines is 1. The van der Waals surface area contributed by atoms with E-state index in [0.717, 1.165) is 35.2 Å². The molecule has 4 bridgehead atoms. The summed E-state index contributed by atoms with van der Waals surface area (Å²) in [6.07, 6.45) is 11.2. The van der Waals surface area contributed by atoms with Gasteiger partial charge in [0.1, 0.15) is 5.82 Å². The number of hydrogen-bond acceptors (Lipinski definition) is 4. The van der Waals surface area contributed by atoms with Gasteiger partial charge in [0.25, 0.3) is 0 Å². The molecular formula is C24H28Cl2N4OS. The van der Waals surface area contributed by atoms with E-state index in [1.165, 1.54) is 50.3 Å². The van der Waals surface area contributed by atoms with Crippen LogP contribution in [0.5, 0.6) is 0 Å². The second-order valence-corrected chi connectivity index (χ2v) is 11.7. The van der Waals surface area contributed by atoms with Crippen molar-refractivity contribution in [3.05, 3.63) is 46.7 Å². The maximum Gasteiger partial charge on any atom is 0.234 e. The van der Waals surface area contributed by atoms with E-state index < -0.39 is 0 Å². The van der Waals surface area contributed by atoms with Crippen molar-refractivity contribution in [2.75, 3.05) is 11.1 Å². The van der Waals surface area contributed by atoms with Crippen LogP contribution in [0.25, 0.3) is 0 Å². The van der Waals surface area contributed by atoms with Crippen LogP contribution in [0.3, 0.4) is 0 Å². The first-order chi connectivity index (χ1) is 15.4. The summed E-state index contributed by atoms with van der Waals surface area (Å²) in [4.78, 5) is 12.5. The highest BCUT2D eigenvalue weighted by atomic mass is 35.5. The van der Waals surface area contributed by atoms with Gasteiger partial charge < -0.3 is 9.88 Å². The molecular weight excluding hydrogens is 463 g/mol. The molecule has 6 rings (SSSR count). The van der Waals surface area contributed by atoms with Gasteiger partial charge in [-0.25, -0.2) is 0 Å². The van der Waals surface area contributed by atoms with E-state index in [9.17, 15) is 4.79 Å². The van der Waals surface area contributed by atoms with Crippen LogP contribution in [0.2, 0.25) is 10.0 Å². The second kappa shape index (κ2) is 9.03. The average Bonchev–Trinajstić information content (AvgIpc) is 3.05. The van der Waals surface area contributed by atoms with Gasteiger partial charge in [0.15, 0.2) is 5.16 Å². The second-order valence-electron chi connectivity index (χ2n) is 9.89. The van der Waals surface area contributed by atoms with Crippen molar-refractivity contribution in [2.24, 2.45) is 23.2 Å². The van der Waals surface area contributed by atoms with E-state index in [0.29, 0.717) is 27.7 Å². The highest BCUT2D eigenvalue weighted by Gasteiger charge is 2.51. The fraction of sp³-hybridized carbons (Fsp3) is 0.542. The van der Waals surface area contributed by atoms with Crippen molar-refractivity contribution in [3.8, 4) is 0 Å². The van der Waals surface area contributed by atoms with Crippen molar-refractivity contribution in [1.29, 1.82) is 0 Å². The van der Waals surface area contributed by atoms with Gasteiger partial charge in [-0.3, -0.25) is 4.79 Å². The molecule has 4 saturated carbocycles. The molecule has 1 aromatic heterocycles. The summed E-state index contributed by atoms with van der Waals surface area (Å²) >= 11 is 13.4. The number of nitrogens with zero attached hydrogens (tertiary/aromatic N) is 3. The van der Waals surface area contributed by atoms with Crippen molar-refractivity contribution in [3.63, 3.8) is 0 Å². The quantitative estimate of drug-likeness (QED) is 0.350. The number of allylic oxidation sites excluding steroid dienone is 1. The van der Waals surface area contributed by atoms with Gasteiger partial charge in [-0.1, -0.05) is 41.0 Å². The van der Waals surface area contributed by atoms with Crippen LogP contribution in [0, 0.1) is 23.2 Å². The summed E-state index contributed by atoms with van der Waals surface area (Å²) in [6.45, 7) is 4.58. The first-order valence-corrected chi connectivity index (χ1v) is 13.1. The zero-order valence-electron chi connectivity index (χ0n) is 18.0. The van der Waals surface area contributed by atoms with Crippen LogP contribution >= 0.6 is 35.0 Å². The van der Waals surface area contributed by atoms with E-state index >= 15 is 0 Å². The predicted molar refractivity (Wildman–Crippen MR) is 130 cm³/mol. The molecule has 1 aromatic carbocycles. The third-order valence-corrected chi connectivity index (χ3v) is 8.69. The van der Waals surface area contributed by atoms with E-state index in [4.69, 9.17) is 23.2 Å². The molecule has 32 heavy (non-hydrogen) atoms. The summed E-state index contributed by atoms with van der Waals surface area (Å²) < 4.78 is 2.14. The maximum absolute atomic E-state index is 12.5. The Kier molecular flexibility index (Phi) is 6.30. The highest BCUT2D eigenvalue weighted by Crippen LogP contribution is 2.61. The Bertz CT molecular complexity index is 981. The molecule has 0 saturated heterocycles.